The molecule has 1 aliphatic heterocycles. The van der Waals surface area contributed by atoms with Crippen LogP contribution in [-0.4, -0.2) is 29.9 Å². The lowest BCUT2D eigenvalue weighted by atomic mass is 10.2. The van der Waals surface area contributed by atoms with Crippen molar-refractivity contribution < 1.29 is 4.79 Å². The summed E-state index contributed by atoms with van der Waals surface area (Å²) in [5.41, 5.74) is 1.16. The monoisotopic (exact) mass is 259 g/mol. The van der Waals surface area contributed by atoms with Gasteiger partial charge in [0, 0.05) is 19.5 Å². The molecular formula is C15H21N3O. The van der Waals surface area contributed by atoms with Crippen LogP contribution in [0, 0.1) is 0 Å². The Morgan fingerprint density at radius 3 is 2.84 bits per heavy atom. The molecule has 0 spiro atoms. The number of aliphatic imine (C=N–C) groups is 1. The Kier molecular flexibility index (Phi) is 4.95. The van der Waals surface area contributed by atoms with Gasteiger partial charge < -0.3 is 4.90 Å². The molecule has 4 heteroatoms. The number of nitrogens with one attached hydrogen (secondary N) is 1. The van der Waals surface area contributed by atoms with Gasteiger partial charge >= 0.3 is 0 Å². The van der Waals surface area contributed by atoms with Crippen LogP contribution in [0.3, 0.4) is 0 Å². The number of guanidine groups is 1. The Labute approximate surface area is 114 Å². The molecule has 1 aromatic carbocycles. The van der Waals surface area contributed by atoms with Crippen molar-refractivity contribution in [2.45, 2.75) is 32.7 Å². The predicted molar refractivity (Wildman–Crippen MR) is 76.8 cm³/mol. The Morgan fingerprint density at radius 1 is 1.32 bits per heavy atom. The lowest BCUT2D eigenvalue weighted by Crippen LogP contribution is -2.50. The van der Waals surface area contributed by atoms with Crippen LogP contribution in [0.15, 0.2) is 35.3 Å². The predicted octanol–water partition coefficient (Wildman–Crippen LogP) is 2.16. The Morgan fingerprint density at radius 2 is 2.11 bits per heavy atom. The summed E-state index contributed by atoms with van der Waals surface area (Å²) in [6.45, 7) is 4.52. The van der Waals surface area contributed by atoms with E-state index in [-0.39, 0.29) is 5.91 Å². The van der Waals surface area contributed by atoms with Gasteiger partial charge in [-0.25, -0.2) is 4.99 Å². The topological polar surface area (TPSA) is 44.7 Å². The van der Waals surface area contributed by atoms with Gasteiger partial charge in [-0.2, -0.15) is 0 Å². The quantitative estimate of drug-likeness (QED) is 0.880. The number of rotatable bonds is 5. The Hall–Kier alpha value is -1.84. The number of nitrogens with zero attached hydrogens (tertiary/aromatic N) is 2. The van der Waals surface area contributed by atoms with Gasteiger partial charge in [-0.1, -0.05) is 43.7 Å². The van der Waals surface area contributed by atoms with Crippen LogP contribution in [0.4, 0.5) is 0 Å². The van der Waals surface area contributed by atoms with E-state index in [1.807, 2.05) is 30.3 Å². The summed E-state index contributed by atoms with van der Waals surface area (Å²) in [5, 5.41) is 2.88. The first-order valence-electron chi connectivity index (χ1n) is 6.92. The smallest absolute Gasteiger partial charge is 0.228 e. The molecular weight excluding hydrogens is 238 g/mol. The second-order valence-electron chi connectivity index (χ2n) is 4.76. The summed E-state index contributed by atoms with van der Waals surface area (Å²) >= 11 is 0. The number of hydrogen-bond donors (Lipinski definition) is 1. The summed E-state index contributed by atoms with van der Waals surface area (Å²) in [6, 6.07) is 10.1. The van der Waals surface area contributed by atoms with Crippen LogP contribution in [-0.2, 0) is 11.3 Å². The third-order valence-corrected chi connectivity index (χ3v) is 3.20. The van der Waals surface area contributed by atoms with E-state index in [1.54, 1.807) is 0 Å². The molecule has 102 valence electrons. The maximum atomic E-state index is 11.5. The Balaban J connectivity index is 2.02. The van der Waals surface area contributed by atoms with Crippen molar-refractivity contribution >= 4 is 11.9 Å². The first-order chi connectivity index (χ1) is 9.29. The molecule has 0 aromatic heterocycles. The lowest BCUT2D eigenvalue weighted by Gasteiger charge is -2.30. The van der Waals surface area contributed by atoms with Gasteiger partial charge in [-0.05, 0) is 12.0 Å². The van der Waals surface area contributed by atoms with E-state index in [0.717, 1.165) is 37.5 Å². The molecule has 1 fully saturated rings. The fourth-order valence-electron chi connectivity index (χ4n) is 2.06. The van der Waals surface area contributed by atoms with Crippen molar-refractivity contribution in [3.05, 3.63) is 35.9 Å². The van der Waals surface area contributed by atoms with Crippen molar-refractivity contribution in [2.75, 3.05) is 13.1 Å². The summed E-state index contributed by atoms with van der Waals surface area (Å²) in [7, 11) is 0. The van der Waals surface area contributed by atoms with E-state index >= 15 is 0 Å². The van der Waals surface area contributed by atoms with Gasteiger partial charge in [0.05, 0.1) is 6.54 Å². The van der Waals surface area contributed by atoms with Crippen molar-refractivity contribution in [2.24, 2.45) is 4.99 Å². The molecule has 0 radical (unpaired) electrons. The average molecular weight is 259 g/mol. The zero-order valence-corrected chi connectivity index (χ0v) is 11.4. The van der Waals surface area contributed by atoms with Crippen molar-refractivity contribution in [3.8, 4) is 0 Å². The maximum absolute atomic E-state index is 11.5. The number of amides is 1. The molecule has 1 aliphatic rings. The van der Waals surface area contributed by atoms with Crippen molar-refractivity contribution in [1.29, 1.82) is 0 Å². The summed E-state index contributed by atoms with van der Waals surface area (Å²) in [5.74, 6) is 0.799. The van der Waals surface area contributed by atoms with E-state index in [0.29, 0.717) is 13.0 Å². The van der Waals surface area contributed by atoms with Crippen LogP contribution in [0.1, 0.15) is 31.7 Å². The highest BCUT2D eigenvalue weighted by Gasteiger charge is 2.20. The van der Waals surface area contributed by atoms with E-state index in [1.165, 1.54) is 0 Å². The number of benzene rings is 1. The van der Waals surface area contributed by atoms with Gasteiger partial charge in [-0.15, -0.1) is 0 Å². The largest absolute Gasteiger partial charge is 0.342 e. The second-order valence-corrected chi connectivity index (χ2v) is 4.76. The van der Waals surface area contributed by atoms with Crippen LogP contribution in [0.25, 0.3) is 0 Å². The normalized spacial score (nSPS) is 17.6. The molecule has 19 heavy (non-hydrogen) atoms. The van der Waals surface area contributed by atoms with E-state index in [2.05, 4.69) is 22.1 Å². The van der Waals surface area contributed by atoms with Crippen molar-refractivity contribution in [1.82, 2.24) is 10.2 Å². The van der Waals surface area contributed by atoms with Crippen LogP contribution < -0.4 is 5.32 Å². The van der Waals surface area contributed by atoms with E-state index in [9.17, 15) is 4.79 Å². The molecule has 1 heterocycles. The van der Waals surface area contributed by atoms with E-state index in [4.69, 9.17) is 0 Å². The highest BCUT2D eigenvalue weighted by atomic mass is 16.2. The Bertz CT molecular complexity index is 442. The molecule has 1 N–H and O–H groups in total. The van der Waals surface area contributed by atoms with Gasteiger partial charge in [0.25, 0.3) is 0 Å². The highest BCUT2D eigenvalue weighted by molar-refractivity contribution is 5.99. The number of hydrogen-bond acceptors (Lipinski definition) is 2. The molecule has 1 saturated heterocycles. The molecule has 4 nitrogen and oxygen atoms in total. The fourth-order valence-corrected chi connectivity index (χ4v) is 2.06. The number of carbonyl (C=O) groups is 1. The molecule has 1 amide bonds. The summed E-state index contributed by atoms with van der Waals surface area (Å²) < 4.78 is 0. The minimum atomic E-state index is 0.0690. The second kappa shape index (κ2) is 6.92. The molecule has 0 bridgehead atoms. The van der Waals surface area contributed by atoms with Gasteiger partial charge in [0.15, 0.2) is 0 Å². The average Bonchev–Trinajstić information content (AvgIpc) is 2.45. The van der Waals surface area contributed by atoms with Crippen molar-refractivity contribution in [3.63, 3.8) is 0 Å². The zero-order chi connectivity index (χ0) is 13.5. The molecule has 0 unspecified atom stereocenters. The maximum Gasteiger partial charge on any atom is 0.228 e. The SMILES string of the molecule is CCCCN1CCC(=O)NC1=NCc1ccccc1. The van der Waals surface area contributed by atoms with Gasteiger partial charge in [-0.3, -0.25) is 10.1 Å². The minimum absolute atomic E-state index is 0.0690. The molecule has 0 aliphatic carbocycles. The third kappa shape index (κ3) is 4.09. The number of unbranched alkanes of at least 4 members (excludes halogenated alkanes) is 1. The minimum Gasteiger partial charge on any atom is -0.342 e. The lowest BCUT2D eigenvalue weighted by molar-refractivity contribution is -0.120. The standard InChI is InChI=1S/C15H21N3O/c1-2-3-10-18-11-9-14(19)17-15(18)16-12-13-7-5-4-6-8-13/h4-8H,2-3,9-12H2,1H3,(H,16,17,19). The first-order valence-corrected chi connectivity index (χ1v) is 6.92. The molecule has 2 rings (SSSR count). The third-order valence-electron chi connectivity index (χ3n) is 3.20. The van der Waals surface area contributed by atoms with E-state index < -0.39 is 0 Å². The summed E-state index contributed by atoms with van der Waals surface area (Å²) in [6.07, 6.45) is 2.84. The number of carbonyl (C=O) groups excluding carboxylic acids is 1. The van der Waals surface area contributed by atoms with Crippen LogP contribution >= 0.6 is 0 Å². The van der Waals surface area contributed by atoms with Crippen LogP contribution in [0.5, 0.6) is 0 Å². The summed E-state index contributed by atoms with van der Waals surface area (Å²) in [4.78, 5) is 18.2. The molecule has 0 atom stereocenters. The van der Waals surface area contributed by atoms with Crippen LogP contribution in [0.2, 0.25) is 0 Å². The molecule has 1 aromatic rings. The molecule has 0 saturated carbocycles. The van der Waals surface area contributed by atoms with Gasteiger partial charge in [0.1, 0.15) is 0 Å². The fraction of sp³-hybridized carbons (Fsp3) is 0.467. The highest BCUT2D eigenvalue weighted by Crippen LogP contribution is 2.06. The zero-order valence-electron chi connectivity index (χ0n) is 11.4. The first kappa shape index (κ1) is 13.6. The van der Waals surface area contributed by atoms with Gasteiger partial charge in [0.2, 0.25) is 11.9 Å².